The number of carbonyl (C=O) groups is 1. The van der Waals surface area contributed by atoms with Crippen LogP contribution < -0.4 is 10.6 Å². The third-order valence-electron chi connectivity index (χ3n) is 2.93. The Labute approximate surface area is 110 Å². The van der Waals surface area contributed by atoms with Crippen molar-refractivity contribution in [3.8, 4) is 0 Å². The molecule has 1 atom stereocenters. The summed E-state index contributed by atoms with van der Waals surface area (Å²) < 4.78 is 0. The molecule has 2 aromatic carbocycles. The minimum Gasteiger partial charge on any atom is -0.361 e. The highest BCUT2D eigenvalue weighted by atomic mass is 35.5. The van der Waals surface area contributed by atoms with E-state index < -0.39 is 0 Å². The van der Waals surface area contributed by atoms with Crippen LogP contribution in [0.25, 0.3) is 0 Å². The zero-order valence-electron chi connectivity index (χ0n) is 9.48. The molecule has 1 aliphatic rings. The van der Waals surface area contributed by atoms with Gasteiger partial charge in [0.25, 0.3) is 5.91 Å². The van der Waals surface area contributed by atoms with Crippen LogP contribution in [0.1, 0.15) is 22.1 Å². The number of hydrogen-bond donors (Lipinski definition) is 2. The molecule has 3 nitrogen and oxygen atoms in total. The molecule has 0 saturated heterocycles. The fraction of sp³-hybridized carbons (Fsp3) is 0.0714. The summed E-state index contributed by atoms with van der Waals surface area (Å²) in [6, 6.07) is 14.9. The zero-order valence-corrected chi connectivity index (χ0v) is 10.2. The van der Waals surface area contributed by atoms with Crippen molar-refractivity contribution < 1.29 is 4.79 Å². The highest BCUT2D eigenvalue weighted by Crippen LogP contribution is 2.27. The molecule has 0 saturated carbocycles. The number of halogens is 1. The average molecular weight is 259 g/mol. The molecule has 0 radical (unpaired) electrons. The van der Waals surface area contributed by atoms with Crippen molar-refractivity contribution in [2.75, 3.05) is 5.32 Å². The van der Waals surface area contributed by atoms with E-state index in [9.17, 15) is 4.79 Å². The first kappa shape index (κ1) is 11.1. The monoisotopic (exact) mass is 258 g/mol. The number of rotatable bonds is 1. The Balaban J connectivity index is 1.97. The lowest BCUT2D eigenvalue weighted by molar-refractivity contribution is 0.0935. The van der Waals surface area contributed by atoms with Gasteiger partial charge in [0.2, 0.25) is 0 Å². The Morgan fingerprint density at radius 3 is 2.67 bits per heavy atom. The van der Waals surface area contributed by atoms with Gasteiger partial charge in [0.05, 0.1) is 5.56 Å². The van der Waals surface area contributed by atoms with Crippen molar-refractivity contribution in [3.05, 3.63) is 64.7 Å². The maximum absolute atomic E-state index is 12.0. The fourth-order valence-corrected chi connectivity index (χ4v) is 2.26. The molecule has 90 valence electrons. The van der Waals surface area contributed by atoms with E-state index in [0.29, 0.717) is 10.6 Å². The van der Waals surface area contributed by atoms with Crippen LogP contribution in [0.5, 0.6) is 0 Å². The molecule has 0 bridgehead atoms. The SMILES string of the molecule is O=C1NC(c2cccc(Cl)c2)Nc2ccccc21. The molecule has 4 heteroatoms. The Hall–Kier alpha value is -2.00. The maximum atomic E-state index is 12.0. The van der Waals surface area contributed by atoms with E-state index in [0.717, 1.165) is 11.3 Å². The zero-order chi connectivity index (χ0) is 12.5. The number of amides is 1. The minimum atomic E-state index is -0.244. The first-order valence-electron chi connectivity index (χ1n) is 5.66. The number of nitrogens with one attached hydrogen (secondary N) is 2. The third kappa shape index (κ3) is 1.93. The molecule has 0 fully saturated rings. The summed E-state index contributed by atoms with van der Waals surface area (Å²) >= 11 is 5.96. The fourth-order valence-electron chi connectivity index (χ4n) is 2.06. The predicted molar refractivity (Wildman–Crippen MR) is 71.7 cm³/mol. The largest absolute Gasteiger partial charge is 0.361 e. The number of carbonyl (C=O) groups excluding carboxylic acids is 1. The molecule has 3 rings (SSSR count). The second-order valence-electron chi connectivity index (χ2n) is 4.15. The number of para-hydroxylation sites is 1. The lowest BCUT2D eigenvalue weighted by atomic mass is 10.1. The molecule has 0 spiro atoms. The van der Waals surface area contributed by atoms with E-state index in [2.05, 4.69) is 10.6 Å². The quantitative estimate of drug-likeness (QED) is 0.825. The van der Waals surface area contributed by atoms with Gasteiger partial charge < -0.3 is 10.6 Å². The van der Waals surface area contributed by atoms with Gasteiger partial charge in [-0.2, -0.15) is 0 Å². The summed E-state index contributed by atoms with van der Waals surface area (Å²) in [4.78, 5) is 12.0. The normalized spacial score (nSPS) is 17.6. The summed E-state index contributed by atoms with van der Waals surface area (Å²) in [5.74, 6) is -0.0747. The molecule has 1 amide bonds. The van der Waals surface area contributed by atoms with Crippen LogP contribution in [0.15, 0.2) is 48.5 Å². The van der Waals surface area contributed by atoms with Gasteiger partial charge >= 0.3 is 0 Å². The standard InChI is InChI=1S/C14H11ClN2O/c15-10-5-3-4-9(8-10)13-16-12-7-2-1-6-11(12)14(18)17-13/h1-8,13,16H,(H,17,18). The average Bonchev–Trinajstić information content (AvgIpc) is 2.39. The lowest BCUT2D eigenvalue weighted by Crippen LogP contribution is -2.38. The van der Waals surface area contributed by atoms with Gasteiger partial charge in [0.15, 0.2) is 0 Å². The van der Waals surface area contributed by atoms with Gasteiger partial charge in [-0.05, 0) is 29.8 Å². The second-order valence-corrected chi connectivity index (χ2v) is 4.59. The first-order chi connectivity index (χ1) is 8.74. The van der Waals surface area contributed by atoms with E-state index in [1.54, 1.807) is 6.07 Å². The molecule has 0 aromatic heterocycles. The van der Waals surface area contributed by atoms with Gasteiger partial charge in [-0.25, -0.2) is 0 Å². The van der Waals surface area contributed by atoms with Crippen LogP contribution in [0.4, 0.5) is 5.69 Å². The molecule has 1 aliphatic heterocycles. The highest BCUT2D eigenvalue weighted by Gasteiger charge is 2.23. The van der Waals surface area contributed by atoms with Crippen molar-refractivity contribution in [1.29, 1.82) is 0 Å². The molecule has 2 aromatic rings. The summed E-state index contributed by atoms with van der Waals surface area (Å²) in [7, 11) is 0. The number of benzene rings is 2. The Morgan fingerprint density at radius 1 is 1.00 bits per heavy atom. The number of fused-ring (bicyclic) bond motifs is 1. The van der Waals surface area contributed by atoms with Gasteiger partial charge in [-0.1, -0.05) is 35.9 Å². The van der Waals surface area contributed by atoms with Crippen LogP contribution in [0.2, 0.25) is 5.02 Å². The molecule has 0 aliphatic carbocycles. The van der Waals surface area contributed by atoms with Crippen molar-refractivity contribution in [3.63, 3.8) is 0 Å². The van der Waals surface area contributed by atoms with Crippen LogP contribution in [0.3, 0.4) is 0 Å². The highest BCUT2D eigenvalue weighted by molar-refractivity contribution is 6.30. The smallest absolute Gasteiger partial charge is 0.255 e. The minimum absolute atomic E-state index is 0.0747. The van der Waals surface area contributed by atoms with Gasteiger partial charge in [0.1, 0.15) is 6.17 Å². The first-order valence-corrected chi connectivity index (χ1v) is 6.04. The third-order valence-corrected chi connectivity index (χ3v) is 3.16. The molecule has 1 unspecified atom stereocenters. The number of anilines is 1. The molecule has 2 N–H and O–H groups in total. The van der Waals surface area contributed by atoms with Crippen LogP contribution >= 0.6 is 11.6 Å². The van der Waals surface area contributed by atoms with Crippen LogP contribution in [0, 0.1) is 0 Å². The van der Waals surface area contributed by atoms with Crippen molar-refractivity contribution >= 4 is 23.2 Å². The van der Waals surface area contributed by atoms with Crippen molar-refractivity contribution in [1.82, 2.24) is 5.32 Å². The molecular weight excluding hydrogens is 248 g/mol. The second kappa shape index (κ2) is 4.35. The van der Waals surface area contributed by atoms with Gasteiger partial charge in [-0.3, -0.25) is 4.79 Å². The van der Waals surface area contributed by atoms with Crippen molar-refractivity contribution in [2.45, 2.75) is 6.17 Å². The van der Waals surface area contributed by atoms with Gasteiger partial charge in [0, 0.05) is 10.7 Å². The number of hydrogen-bond acceptors (Lipinski definition) is 2. The van der Waals surface area contributed by atoms with E-state index in [-0.39, 0.29) is 12.1 Å². The molecule has 18 heavy (non-hydrogen) atoms. The Bertz CT molecular complexity index is 612. The van der Waals surface area contributed by atoms with E-state index in [1.165, 1.54) is 0 Å². The van der Waals surface area contributed by atoms with E-state index in [4.69, 9.17) is 11.6 Å². The van der Waals surface area contributed by atoms with E-state index >= 15 is 0 Å². The topological polar surface area (TPSA) is 41.1 Å². The Morgan fingerprint density at radius 2 is 1.83 bits per heavy atom. The maximum Gasteiger partial charge on any atom is 0.255 e. The van der Waals surface area contributed by atoms with Crippen LogP contribution in [-0.4, -0.2) is 5.91 Å². The lowest BCUT2D eigenvalue weighted by Gasteiger charge is -2.28. The summed E-state index contributed by atoms with van der Waals surface area (Å²) in [6.07, 6.45) is -0.244. The predicted octanol–water partition coefficient (Wildman–Crippen LogP) is 3.19. The molecule has 1 heterocycles. The summed E-state index contributed by atoms with van der Waals surface area (Å²) in [6.45, 7) is 0. The van der Waals surface area contributed by atoms with Crippen molar-refractivity contribution in [2.24, 2.45) is 0 Å². The van der Waals surface area contributed by atoms with Crippen LogP contribution in [-0.2, 0) is 0 Å². The summed E-state index contributed by atoms with van der Waals surface area (Å²) in [5.41, 5.74) is 2.44. The van der Waals surface area contributed by atoms with Gasteiger partial charge in [-0.15, -0.1) is 0 Å². The van der Waals surface area contributed by atoms with E-state index in [1.807, 2.05) is 42.5 Å². The Kier molecular flexibility index (Phi) is 2.68. The summed E-state index contributed by atoms with van der Waals surface area (Å²) in [5, 5.41) is 6.84. The molecular formula is C14H11ClN2O.